The molecule has 8 nitrogen and oxygen atoms in total. The minimum Gasteiger partial charge on any atom is -0.508 e. The van der Waals surface area contributed by atoms with Gasteiger partial charge in [0.1, 0.15) is 11.5 Å². The first-order chi connectivity index (χ1) is 11.6. The quantitative estimate of drug-likeness (QED) is 0.479. The van der Waals surface area contributed by atoms with Gasteiger partial charge in [0.05, 0.1) is 12.0 Å². The minimum atomic E-state index is -4.75. The highest BCUT2D eigenvalue weighted by Gasteiger charge is 2.30. The van der Waals surface area contributed by atoms with Crippen LogP contribution in [0.5, 0.6) is 5.75 Å². The molecule has 0 spiro atoms. The van der Waals surface area contributed by atoms with Crippen LogP contribution in [0, 0.1) is 0 Å². The molecular weight excluding hydrogens is 349 g/mol. The molecule has 25 heavy (non-hydrogen) atoms. The zero-order chi connectivity index (χ0) is 18.8. The number of aliphatic hydroxyl groups is 1. The first kappa shape index (κ1) is 18.9. The van der Waals surface area contributed by atoms with Crippen LogP contribution in [0.3, 0.4) is 0 Å². The fraction of sp³-hybridized carbons (Fsp3) is 0.250. The van der Waals surface area contributed by atoms with E-state index in [4.69, 9.17) is 9.79 Å². The van der Waals surface area contributed by atoms with E-state index >= 15 is 0 Å². The fourth-order valence-corrected chi connectivity index (χ4v) is 3.15. The van der Waals surface area contributed by atoms with E-state index in [1.54, 1.807) is 19.1 Å². The predicted molar refractivity (Wildman–Crippen MR) is 88.7 cm³/mol. The van der Waals surface area contributed by atoms with Crippen molar-refractivity contribution in [2.45, 2.75) is 25.7 Å². The number of benzene rings is 1. The van der Waals surface area contributed by atoms with Gasteiger partial charge in [-0.25, -0.2) is 4.57 Å². The van der Waals surface area contributed by atoms with Gasteiger partial charge in [0, 0.05) is 18.2 Å². The predicted octanol–water partition coefficient (Wildman–Crippen LogP) is 1.81. The van der Waals surface area contributed by atoms with Crippen molar-refractivity contribution in [3.8, 4) is 5.75 Å². The molecule has 1 aliphatic rings. The summed E-state index contributed by atoms with van der Waals surface area (Å²) in [4.78, 5) is 42.2. The van der Waals surface area contributed by atoms with E-state index < -0.39 is 31.5 Å². The van der Waals surface area contributed by atoms with Crippen molar-refractivity contribution in [2.24, 2.45) is 0 Å². The summed E-state index contributed by atoms with van der Waals surface area (Å²) in [5, 5.41) is 21.3. The lowest BCUT2D eigenvalue weighted by Crippen LogP contribution is -2.24. The molecule has 0 saturated heterocycles. The van der Waals surface area contributed by atoms with Crippen LogP contribution in [0.2, 0.25) is 0 Å². The van der Waals surface area contributed by atoms with Crippen LogP contribution in [-0.2, 0) is 14.2 Å². The van der Waals surface area contributed by atoms with Crippen LogP contribution >= 0.6 is 7.75 Å². The van der Waals surface area contributed by atoms with Crippen molar-refractivity contribution in [1.29, 1.82) is 0 Å². The van der Waals surface area contributed by atoms with Crippen molar-refractivity contribution >= 4 is 19.3 Å². The van der Waals surface area contributed by atoms with Crippen LogP contribution in [0.1, 0.15) is 31.2 Å². The Bertz CT molecular complexity index is 822. The zero-order valence-corrected chi connectivity index (χ0v) is 14.2. The van der Waals surface area contributed by atoms with Gasteiger partial charge < -0.3 is 20.0 Å². The lowest BCUT2D eigenvalue weighted by molar-refractivity contribution is -0.116. The van der Waals surface area contributed by atoms with E-state index in [0.29, 0.717) is 5.56 Å². The molecule has 1 atom stereocenters. The maximum atomic E-state index is 12.6. The van der Waals surface area contributed by atoms with Gasteiger partial charge in [-0.3, -0.25) is 14.7 Å². The summed E-state index contributed by atoms with van der Waals surface area (Å²) in [7, 11) is -4.75. The van der Waals surface area contributed by atoms with E-state index in [1.165, 1.54) is 12.1 Å². The molecule has 0 aliphatic heterocycles. The molecule has 0 saturated carbocycles. The molecule has 0 radical (unpaired) electrons. The van der Waals surface area contributed by atoms with Gasteiger partial charge in [0.25, 0.3) is 0 Å². The number of rotatable bonds is 6. The first-order valence-electron chi connectivity index (χ1n) is 7.40. The standard InChI is InChI=1S/C16H18NO7P/c1-9(10-3-2-4-11(18)6-10)5-14(20)16-13(17-25(22,23)24)7-12(19)8-15(16)21/h2-4,6,8-9,18,21H,5,7H2,1H3,(H3,17,22,23,24). The highest BCUT2D eigenvalue weighted by molar-refractivity contribution is 7.49. The number of ketones is 2. The average molecular weight is 367 g/mol. The normalized spacial score (nSPS) is 16.4. The lowest BCUT2D eigenvalue weighted by Gasteiger charge is -2.20. The number of Topliss-reactive ketones (excluding diaryl/α,β-unsaturated/α-hetero) is 1. The topological polar surface area (TPSA) is 144 Å². The molecule has 0 fully saturated rings. The maximum Gasteiger partial charge on any atom is 0.427 e. The van der Waals surface area contributed by atoms with Crippen LogP contribution in [0.4, 0.5) is 0 Å². The third-order valence-electron chi connectivity index (χ3n) is 3.70. The monoisotopic (exact) mass is 367 g/mol. The summed E-state index contributed by atoms with van der Waals surface area (Å²) in [6, 6.07) is 6.34. The van der Waals surface area contributed by atoms with Crippen molar-refractivity contribution in [3.05, 3.63) is 52.9 Å². The summed E-state index contributed by atoms with van der Waals surface area (Å²) < 4.78 is 11.2. The Balaban J connectivity index is 2.30. The lowest BCUT2D eigenvalue weighted by atomic mass is 9.89. The number of nitrogens with one attached hydrogen (secondary N) is 1. The number of hydrogen-bond donors (Lipinski definition) is 5. The molecule has 0 bridgehead atoms. The Morgan fingerprint density at radius 3 is 2.60 bits per heavy atom. The summed E-state index contributed by atoms with van der Waals surface area (Å²) in [5.41, 5.74) is 0.0789. The molecular formula is C16H18NO7P. The molecule has 5 N–H and O–H groups in total. The SMILES string of the molecule is CC(CC(=O)C1=C(NP(=O)(O)O)CC(=O)C=C1O)c1cccc(O)c1. The second-order valence-electron chi connectivity index (χ2n) is 5.81. The number of carbonyl (C=O) groups is 2. The molecule has 0 aromatic heterocycles. The maximum absolute atomic E-state index is 12.6. The Kier molecular flexibility index (Phi) is 5.47. The Morgan fingerprint density at radius 1 is 1.32 bits per heavy atom. The van der Waals surface area contributed by atoms with Crippen molar-refractivity contribution in [2.75, 3.05) is 0 Å². The largest absolute Gasteiger partial charge is 0.508 e. The van der Waals surface area contributed by atoms with Crippen LogP contribution in [-0.4, -0.2) is 31.6 Å². The van der Waals surface area contributed by atoms with E-state index in [9.17, 15) is 24.4 Å². The summed E-state index contributed by atoms with van der Waals surface area (Å²) in [6.07, 6.45) is 0.352. The van der Waals surface area contributed by atoms with Crippen molar-refractivity contribution in [3.63, 3.8) is 0 Å². The van der Waals surface area contributed by atoms with Crippen molar-refractivity contribution < 1.29 is 34.2 Å². The minimum absolute atomic E-state index is 0.0471. The van der Waals surface area contributed by atoms with Crippen LogP contribution in [0.25, 0.3) is 0 Å². The number of aromatic hydroxyl groups is 1. The average Bonchev–Trinajstić information content (AvgIpc) is 2.44. The Hall–Kier alpha value is -2.41. The molecule has 1 aromatic carbocycles. The van der Waals surface area contributed by atoms with Crippen molar-refractivity contribution in [1.82, 2.24) is 5.09 Å². The molecule has 0 amide bonds. The molecule has 9 heteroatoms. The van der Waals surface area contributed by atoms with Gasteiger partial charge in [0.2, 0.25) is 0 Å². The van der Waals surface area contributed by atoms with E-state index in [-0.39, 0.29) is 29.4 Å². The van der Waals surface area contributed by atoms with E-state index in [1.807, 2.05) is 5.09 Å². The second-order valence-corrected chi connectivity index (χ2v) is 7.12. The Labute approximate surface area is 143 Å². The zero-order valence-electron chi connectivity index (χ0n) is 13.3. The van der Waals surface area contributed by atoms with Gasteiger partial charge in [-0.1, -0.05) is 19.1 Å². The van der Waals surface area contributed by atoms with Gasteiger partial charge in [-0.2, -0.15) is 0 Å². The molecule has 0 heterocycles. The van der Waals surface area contributed by atoms with Gasteiger partial charge in [-0.15, -0.1) is 0 Å². The molecule has 1 unspecified atom stereocenters. The van der Waals surface area contributed by atoms with Gasteiger partial charge in [-0.05, 0) is 23.6 Å². The van der Waals surface area contributed by atoms with E-state index in [2.05, 4.69) is 0 Å². The van der Waals surface area contributed by atoms with Gasteiger partial charge in [0.15, 0.2) is 11.6 Å². The molecule has 2 rings (SSSR count). The highest BCUT2D eigenvalue weighted by atomic mass is 31.2. The first-order valence-corrected chi connectivity index (χ1v) is 9.01. The van der Waals surface area contributed by atoms with E-state index in [0.717, 1.165) is 6.08 Å². The summed E-state index contributed by atoms with van der Waals surface area (Å²) >= 11 is 0. The Morgan fingerprint density at radius 2 is 2.00 bits per heavy atom. The third-order valence-corrected chi connectivity index (χ3v) is 4.26. The molecule has 1 aromatic rings. The third kappa shape index (κ3) is 5.03. The number of phenolic OH excluding ortho intramolecular Hbond substituents is 1. The smallest absolute Gasteiger partial charge is 0.427 e. The van der Waals surface area contributed by atoms with Gasteiger partial charge >= 0.3 is 7.75 Å². The number of carbonyl (C=O) groups excluding carboxylic acids is 2. The number of phenols is 1. The molecule has 134 valence electrons. The number of aliphatic hydroxyl groups excluding tert-OH is 1. The van der Waals surface area contributed by atoms with Crippen LogP contribution < -0.4 is 5.09 Å². The fourth-order valence-electron chi connectivity index (χ4n) is 2.60. The number of allylic oxidation sites excluding steroid dienone is 3. The van der Waals surface area contributed by atoms with Crippen LogP contribution in [0.15, 0.2) is 47.4 Å². The number of hydrogen-bond acceptors (Lipinski definition) is 5. The highest BCUT2D eigenvalue weighted by Crippen LogP contribution is 2.35. The summed E-state index contributed by atoms with van der Waals surface area (Å²) in [5.74, 6) is -2.06. The summed E-state index contributed by atoms with van der Waals surface area (Å²) in [6.45, 7) is 1.73. The molecule has 1 aliphatic carbocycles. The second kappa shape index (κ2) is 7.23.